The van der Waals surface area contributed by atoms with Gasteiger partial charge in [-0.25, -0.2) is 4.79 Å². The van der Waals surface area contributed by atoms with Crippen LogP contribution in [0.3, 0.4) is 0 Å². The van der Waals surface area contributed by atoms with Gasteiger partial charge in [0.15, 0.2) is 0 Å². The zero-order valence-electron chi connectivity index (χ0n) is 16.6. The van der Waals surface area contributed by atoms with E-state index in [0.29, 0.717) is 41.7 Å². The molecular formula is C20H24Cl2N4O3. The number of anilines is 1. The van der Waals surface area contributed by atoms with Crippen LogP contribution < -0.4 is 10.6 Å². The van der Waals surface area contributed by atoms with Gasteiger partial charge in [0.1, 0.15) is 17.2 Å². The summed E-state index contributed by atoms with van der Waals surface area (Å²) in [7, 11) is 0. The van der Waals surface area contributed by atoms with Crippen LogP contribution in [0.5, 0.6) is 0 Å². The lowest BCUT2D eigenvalue weighted by molar-refractivity contribution is -0.112. The van der Waals surface area contributed by atoms with Crippen molar-refractivity contribution in [3.63, 3.8) is 0 Å². The fourth-order valence-electron chi connectivity index (χ4n) is 2.69. The van der Waals surface area contributed by atoms with Crippen LogP contribution in [-0.2, 0) is 9.53 Å². The largest absolute Gasteiger partial charge is 0.444 e. The minimum atomic E-state index is -0.588. The molecule has 1 heterocycles. The number of amides is 2. The maximum Gasteiger partial charge on any atom is 0.410 e. The molecule has 156 valence electrons. The van der Waals surface area contributed by atoms with E-state index in [1.165, 1.54) is 12.3 Å². The quantitative estimate of drug-likeness (QED) is 0.538. The number of hydrogen-bond donors (Lipinski definition) is 2. The van der Waals surface area contributed by atoms with Gasteiger partial charge in [0.2, 0.25) is 0 Å². The number of nitrogens with one attached hydrogen (secondary N) is 2. The van der Waals surface area contributed by atoms with Gasteiger partial charge in [-0.15, -0.1) is 0 Å². The number of piperidine rings is 1. The van der Waals surface area contributed by atoms with Crippen molar-refractivity contribution < 1.29 is 14.3 Å². The second-order valence-electron chi connectivity index (χ2n) is 7.66. The molecule has 0 spiro atoms. The maximum absolute atomic E-state index is 12.3. The van der Waals surface area contributed by atoms with E-state index in [4.69, 9.17) is 27.9 Å². The number of benzene rings is 1. The van der Waals surface area contributed by atoms with Gasteiger partial charge < -0.3 is 20.3 Å². The summed E-state index contributed by atoms with van der Waals surface area (Å²) >= 11 is 11.9. The Morgan fingerprint density at radius 2 is 1.93 bits per heavy atom. The van der Waals surface area contributed by atoms with E-state index in [-0.39, 0.29) is 17.7 Å². The first-order valence-corrected chi connectivity index (χ1v) is 9.95. The van der Waals surface area contributed by atoms with Crippen molar-refractivity contribution >= 4 is 40.9 Å². The summed E-state index contributed by atoms with van der Waals surface area (Å²) in [6, 6.07) is 6.59. The number of halogens is 2. The maximum atomic E-state index is 12.3. The molecule has 9 heteroatoms. The van der Waals surface area contributed by atoms with Crippen LogP contribution >= 0.6 is 23.2 Å². The first kappa shape index (κ1) is 22.9. The Kier molecular flexibility index (Phi) is 7.77. The van der Waals surface area contributed by atoms with Crippen LogP contribution in [-0.4, -0.2) is 41.6 Å². The Labute approximate surface area is 180 Å². The molecule has 1 aromatic carbocycles. The van der Waals surface area contributed by atoms with E-state index in [2.05, 4.69) is 10.6 Å². The van der Waals surface area contributed by atoms with E-state index < -0.39 is 11.5 Å². The molecule has 0 aromatic heterocycles. The van der Waals surface area contributed by atoms with Gasteiger partial charge in [0.25, 0.3) is 5.91 Å². The molecule has 0 saturated carbocycles. The lowest BCUT2D eigenvalue weighted by atomic mass is 10.1. The van der Waals surface area contributed by atoms with Crippen LogP contribution in [0, 0.1) is 11.3 Å². The Balaban J connectivity index is 1.90. The molecule has 2 N–H and O–H groups in total. The predicted molar refractivity (Wildman–Crippen MR) is 113 cm³/mol. The minimum absolute atomic E-state index is 0.0413. The zero-order valence-corrected chi connectivity index (χ0v) is 18.1. The Bertz CT molecular complexity index is 835. The number of nitriles is 1. The van der Waals surface area contributed by atoms with E-state index in [9.17, 15) is 14.9 Å². The third-order valence-electron chi connectivity index (χ3n) is 4.15. The molecule has 2 amide bonds. The Hall–Kier alpha value is -2.43. The lowest BCUT2D eigenvalue weighted by Gasteiger charge is -2.33. The van der Waals surface area contributed by atoms with Gasteiger partial charge in [0.05, 0.1) is 10.7 Å². The van der Waals surface area contributed by atoms with Gasteiger partial charge in [0, 0.05) is 30.4 Å². The van der Waals surface area contributed by atoms with E-state index in [0.717, 1.165) is 0 Å². The molecule has 0 atom stereocenters. The molecule has 1 aromatic rings. The summed E-state index contributed by atoms with van der Waals surface area (Å²) in [6.45, 7) is 6.55. The van der Waals surface area contributed by atoms with Crippen molar-refractivity contribution in [1.29, 1.82) is 5.26 Å². The van der Waals surface area contributed by atoms with Gasteiger partial charge in [-0.2, -0.15) is 5.26 Å². The standard InChI is InChI=1S/C20H24Cl2N4O3/c1-20(2,3)29-19(28)26-8-6-15(7-9-26)24-12-13(11-23)18(27)25-17-10-14(21)4-5-16(17)22/h4-5,10,12,15,24H,6-9H2,1-3H3,(H,25,27)/b13-12-. The molecule has 0 unspecified atom stereocenters. The minimum Gasteiger partial charge on any atom is -0.444 e. The SMILES string of the molecule is CC(C)(C)OC(=O)N1CCC(N/C=C(/C#N)C(=O)Nc2cc(Cl)ccc2Cl)CC1. The molecule has 0 aliphatic carbocycles. The fourth-order valence-corrected chi connectivity index (χ4v) is 3.02. The normalized spacial score (nSPS) is 15.4. The summed E-state index contributed by atoms with van der Waals surface area (Å²) < 4.78 is 5.37. The third-order valence-corrected chi connectivity index (χ3v) is 4.72. The van der Waals surface area contributed by atoms with Crippen molar-refractivity contribution in [2.75, 3.05) is 18.4 Å². The topological polar surface area (TPSA) is 94.5 Å². The monoisotopic (exact) mass is 438 g/mol. The van der Waals surface area contributed by atoms with Crippen molar-refractivity contribution in [3.8, 4) is 6.07 Å². The highest BCUT2D eigenvalue weighted by Gasteiger charge is 2.26. The van der Waals surface area contributed by atoms with Crippen molar-refractivity contribution in [2.45, 2.75) is 45.3 Å². The molecular weight excluding hydrogens is 415 g/mol. The summed E-state index contributed by atoms with van der Waals surface area (Å²) in [5.41, 5.74) is -0.290. The second kappa shape index (κ2) is 9.86. The molecule has 2 rings (SSSR count). The molecule has 7 nitrogen and oxygen atoms in total. The van der Waals surface area contributed by atoms with Crippen molar-refractivity contribution in [1.82, 2.24) is 10.2 Å². The summed E-state index contributed by atoms with van der Waals surface area (Å²) in [6.07, 6.45) is 2.41. The van der Waals surface area contributed by atoms with Crippen LogP contribution in [0.4, 0.5) is 10.5 Å². The number of carbonyl (C=O) groups is 2. The lowest BCUT2D eigenvalue weighted by Crippen LogP contribution is -2.45. The van der Waals surface area contributed by atoms with E-state index >= 15 is 0 Å². The molecule has 1 aliphatic rings. The predicted octanol–water partition coefficient (Wildman–Crippen LogP) is 4.33. The van der Waals surface area contributed by atoms with E-state index in [1.807, 2.05) is 26.8 Å². The number of ether oxygens (including phenoxy) is 1. The smallest absolute Gasteiger partial charge is 0.410 e. The molecule has 1 aliphatic heterocycles. The van der Waals surface area contributed by atoms with Crippen LogP contribution in [0.1, 0.15) is 33.6 Å². The zero-order chi connectivity index (χ0) is 21.6. The first-order chi connectivity index (χ1) is 13.6. The third kappa shape index (κ3) is 7.15. The van der Waals surface area contributed by atoms with Gasteiger partial charge in [-0.1, -0.05) is 23.2 Å². The van der Waals surface area contributed by atoms with Crippen LogP contribution in [0.2, 0.25) is 10.0 Å². The fraction of sp³-hybridized carbons (Fsp3) is 0.450. The molecule has 0 bridgehead atoms. The summed E-state index contributed by atoms with van der Waals surface area (Å²) in [5.74, 6) is -0.588. The van der Waals surface area contributed by atoms with E-state index in [1.54, 1.807) is 17.0 Å². The van der Waals surface area contributed by atoms with Crippen LogP contribution in [0.25, 0.3) is 0 Å². The highest BCUT2D eigenvalue weighted by molar-refractivity contribution is 6.35. The summed E-state index contributed by atoms with van der Waals surface area (Å²) in [5, 5.41) is 15.7. The van der Waals surface area contributed by atoms with Crippen molar-refractivity contribution in [3.05, 3.63) is 40.0 Å². The number of carbonyl (C=O) groups excluding carboxylic acids is 2. The average molecular weight is 439 g/mol. The van der Waals surface area contributed by atoms with Crippen molar-refractivity contribution in [2.24, 2.45) is 0 Å². The highest BCUT2D eigenvalue weighted by atomic mass is 35.5. The van der Waals surface area contributed by atoms with Gasteiger partial charge in [-0.3, -0.25) is 4.79 Å². The van der Waals surface area contributed by atoms with Gasteiger partial charge in [-0.05, 0) is 51.8 Å². The number of rotatable bonds is 4. The molecule has 1 saturated heterocycles. The van der Waals surface area contributed by atoms with Gasteiger partial charge >= 0.3 is 6.09 Å². The molecule has 29 heavy (non-hydrogen) atoms. The second-order valence-corrected chi connectivity index (χ2v) is 8.50. The highest BCUT2D eigenvalue weighted by Crippen LogP contribution is 2.25. The molecule has 0 radical (unpaired) electrons. The Morgan fingerprint density at radius 1 is 1.28 bits per heavy atom. The average Bonchev–Trinajstić information content (AvgIpc) is 2.64. The van der Waals surface area contributed by atoms with Crippen LogP contribution in [0.15, 0.2) is 30.0 Å². The molecule has 1 fully saturated rings. The number of nitrogens with zero attached hydrogens (tertiary/aromatic N) is 2. The number of hydrogen-bond acceptors (Lipinski definition) is 5. The number of likely N-dealkylation sites (tertiary alicyclic amines) is 1. The summed E-state index contributed by atoms with van der Waals surface area (Å²) in [4.78, 5) is 26.1. The first-order valence-electron chi connectivity index (χ1n) is 9.19. The Morgan fingerprint density at radius 3 is 2.52 bits per heavy atom.